The Balaban J connectivity index is 2.01. The quantitative estimate of drug-likeness (QED) is 0.570. The molecular formula is C8H14O6. The van der Waals surface area contributed by atoms with Crippen LogP contribution in [0.2, 0.25) is 0 Å². The summed E-state index contributed by atoms with van der Waals surface area (Å²) < 4.78 is 20.8. The zero-order valence-corrected chi connectivity index (χ0v) is 7.67. The molecule has 6 nitrogen and oxygen atoms in total. The molecule has 2 aliphatic heterocycles. The third-order valence-corrected chi connectivity index (χ3v) is 2.43. The minimum absolute atomic E-state index is 0.0929. The highest BCUT2D eigenvalue weighted by atomic mass is 16.8. The lowest BCUT2D eigenvalue weighted by Gasteiger charge is -2.41. The minimum Gasteiger partial charge on any atom is -0.394 e. The first-order chi connectivity index (χ1) is 6.83. The van der Waals surface area contributed by atoms with Crippen LogP contribution in [-0.4, -0.2) is 61.4 Å². The monoisotopic (exact) mass is 206 g/mol. The molecule has 14 heavy (non-hydrogen) atoms. The molecule has 0 aromatic carbocycles. The number of rotatable bonds is 2. The first kappa shape index (κ1) is 10.3. The second kappa shape index (κ2) is 4.52. The number of ether oxygens (including phenoxy) is 4. The third-order valence-electron chi connectivity index (χ3n) is 2.43. The Morgan fingerprint density at radius 3 is 2.86 bits per heavy atom. The lowest BCUT2D eigenvalue weighted by atomic mass is 10.0. The molecular weight excluding hydrogens is 192 g/mol. The van der Waals surface area contributed by atoms with Crippen molar-refractivity contribution in [1.29, 1.82) is 0 Å². The van der Waals surface area contributed by atoms with Crippen molar-refractivity contribution in [3.05, 3.63) is 0 Å². The fourth-order valence-corrected chi connectivity index (χ4v) is 1.68. The van der Waals surface area contributed by atoms with Gasteiger partial charge in [-0.25, -0.2) is 0 Å². The predicted molar refractivity (Wildman–Crippen MR) is 43.4 cm³/mol. The maximum Gasteiger partial charge on any atom is 0.147 e. The Kier molecular flexibility index (Phi) is 3.32. The van der Waals surface area contributed by atoms with E-state index in [9.17, 15) is 5.11 Å². The molecule has 0 aromatic heterocycles. The van der Waals surface area contributed by atoms with Crippen LogP contribution in [0.25, 0.3) is 0 Å². The zero-order valence-electron chi connectivity index (χ0n) is 7.67. The van der Waals surface area contributed by atoms with Crippen molar-refractivity contribution in [1.82, 2.24) is 0 Å². The van der Waals surface area contributed by atoms with Crippen LogP contribution in [0.15, 0.2) is 0 Å². The van der Waals surface area contributed by atoms with E-state index in [1.807, 2.05) is 0 Å². The summed E-state index contributed by atoms with van der Waals surface area (Å²) >= 11 is 0. The molecule has 0 aliphatic carbocycles. The molecule has 0 amide bonds. The highest BCUT2D eigenvalue weighted by molar-refractivity contribution is 4.87. The van der Waals surface area contributed by atoms with Gasteiger partial charge in [-0.3, -0.25) is 0 Å². The summed E-state index contributed by atoms with van der Waals surface area (Å²) in [6.45, 7) is 0.346. The molecule has 4 atom stereocenters. The topological polar surface area (TPSA) is 77.4 Å². The van der Waals surface area contributed by atoms with Crippen molar-refractivity contribution in [2.75, 3.05) is 26.8 Å². The maximum atomic E-state index is 9.47. The Labute approximate surface area is 81.3 Å². The van der Waals surface area contributed by atoms with Gasteiger partial charge in [0.1, 0.15) is 38.0 Å². The van der Waals surface area contributed by atoms with Gasteiger partial charge in [0, 0.05) is 0 Å². The van der Waals surface area contributed by atoms with E-state index >= 15 is 0 Å². The summed E-state index contributed by atoms with van der Waals surface area (Å²) in [7, 11) is 0. The fourth-order valence-electron chi connectivity index (χ4n) is 1.68. The predicted octanol–water partition coefficient (Wildman–Crippen LogP) is -1.55. The summed E-state index contributed by atoms with van der Waals surface area (Å²) in [5, 5.41) is 18.3. The molecule has 0 radical (unpaired) electrons. The van der Waals surface area contributed by atoms with Crippen LogP contribution in [0.3, 0.4) is 0 Å². The minimum atomic E-state index is -0.940. The van der Waals surface area contributed by atoms with Gasteiger partial charge in [-0.2, -0.15) is 0 Å². The third kappa shape index (κ3) is 1.90. The van der Waals surface area contributed by atoms with Crippen molar-refractivity contribution in [3.63, 3.8) is 0 Å². The number of aliphatic hydroxyl groups is 2. The van der Waals surface area contributed by atoms with Crippen LogP contribution in [0.4, 0.5) is 0 Å². The number of fused-ring (bicyclic) bond motifs is 1. The van der Waals surface area contributed by atoms with Crippen molar-refractivity contribution >= 4 is 0 Å². The van der Waals surface area contributed by atoms with Crippen molar-refractivity contribution in [3.8, 4) is 0 Å². The summed E-state index contributed by atoms with van der Waals surface area (Å²) in [6, 6.07) is 0. The number of hydrogen-bond donors (Lipinski definition) is 2. The molecule has 82 valence electrons. The highest BCUT2D eigenvalue weighted by Crippen LogP contribution is 2.23. The van der Waals surface area contributed by atoms with Crippen LogP contribution in [-0.2, 0) is 18.9 Å². The second-order valence-corrected chi connectivity index (χ2v) is 3.32. The second-order valence-electron chi connectivity index (χ2n) is 3.32. The molecule has 2 aliphatic rings. The Bertz CT molecular complexity index is 183. The standard InChI is InChI=1S/C8H14O6/c9-1-5(10)7-8-6(12-4-14-7)2-11-3-13-8/h5-10H,1-4H2/t5-,6+,7+,8-/m1/s1. The molecule has 0 unspecified atom stereocenters. The molecule has 0 aromatic rings. The average molecular weight is 206 g/mol. The molecule has 2 N–H and O–H groups in total. The van der Waals surface area contributed by atoms with Gasteiger partial charge in [-0.15, -0.1) is 0 Å². The van der Waals surface area contributed by atoms with Crippen molar-refractivity contribution in [2.24, 2.45) is 0 Å². The summed E-state index contributed by atoms with van der Waals surface area (Å²) in [5.41, 5.74) is 0. The summed E-state index contributed by atoms with van der Waals surface area (Å²) in [5.74, 6) is 0. The van der Waals surface area contributed by atoms with Crippen molar-refractivity contribution in [2.45, 2.75) is 24.4 Å². The molecule has 0 bridgehead atoms. The molecule has 2 rings (SSSR count). The fraction of sp³-hybridized carbons (Fsp3) is 1.00. The lowest BCUT2D eigenvalue weighted by molar-refractivity contribution is -0.314. The van der Waals surface area contributed by atoms with Gasteiger partial charge in [-0.05, 0) is 0 Å². The van der Waals surface area contributed by atoms with E-state index in [2.05, 4.69) is 0 Å². The Hall–Kier alpha value is -0.240. The van der Waals surface area contributed by atoms with Crippen LogP contribution in [0, 0.1) is 0 Å². The van der Waals surface area contributed by atoms with Gasteiger partial charge in [0.2, 0.25) is 0 Å². The van der Waals surface area contributed by atoms with Gasteiger partial charge < -0.3 is 29.2 Å². The van der Waals surface area contributed by atoms with Gasteiger partial charge in [-0.1, -0.05) is 0 Å². The van der Waals surface area contributed by atoms with Gasteiger partial charge in [0.15, 0.2) is 0 Å². The molecule has 6 heteroatoms. The largest absolute Gasteiger partial charge is 0.394 e. The van der Waals surface area contributed by atoms with E-state index in [-0.39, 0.29) is 32.4 Å². The normalized spacial score (nSPS) is 40.3. The maximum absolute atomic E-state index is 9.47. The van der Waals surface area contributed by atoms with E-state index in [1.54, 1.807) is 0 Å². The Morgan fingerprint density at radius 1 is 1.21 bits per heavy atom. The van der Waals surface area contributed by atoms with Crippen LogP contribution in [0.1, 0.15) is 0 Å². The van der Waals surface area contributed by atoms with Gasteiger partial charge >= 0.3 is 0 Å². The van der Waals surface area contributed by atoms with E-state index in [0.29, 0.717) is 6.61 Å². The number of hydrogen-bond acceptors (Lipinski definition) is 6. The van der Waals surface area contributed by atoms with Crippen molar-refractivity contribution < 1.29 is 29.2 Å². The van der Waals surface area contributed by atoms with E-state index in [0.717, 1.165) is 0 Å². The number of aliphatic hydroxyl groups excluding tert-OH is 2. The molecule has 2 fully saturated rings. The Morgan fingerprint density at radius 2 is 2.07 bits per heavy atom. The van der Waals surface area contributed by atoms with Gasteiger partial charge in [0.25, 0.3) is 0 Å². The van der Waals surface area contributed by atoms with E-state index < -0.39 is 12.2 Å². The zero-order chi connectivity index (χ0) is 9.97. The van der Waals surface area contributed by atoms with E-state index in [1.165, 1.54) is 0 Å². The highest BCUT2D eigenvalue weighted by Gasteiger charge is 2.41. The molecule has 2 heterocycles. The molecule has 0 saturated carbocycles. The van der Waals surface area contributed by atoms with Crippen LogP contribution >= 0.6 is 0 Å². The van der Waals surface area contributed by atoms with Crippen LogP contribution < -0.4 is 0 Å². The van der Waals surface area contributed by atoms with E-state index in [4.69, 9.17) is 24.1 Å². The van der Waals surface area contributed by atoms with Crippen LogP contribution in [0.5, 0.6) is 0 Å². The SMILES string of the molecule is OC[C@@H](O)[C@@H]1OCO[C@H]2COCO[C@@H]12. The average Bonchev–Trinajstić information content (AvgIpc) is 2.27. The summed E-state index contributed by atoms with van der Waals surface area (Å²) in [6.07, 6.45) is -2.06. The van der Waals surface area contributed by atoms with Gasteiger partial charge in [0.05, 0.1) is 13.2 Å². The summed E-state index contributed by atoms with van der Waals surface area (Å²) in [4.78, 5) is 0. The smallest absolute Gasteiger partial charge is 0.147 e. The molecule has 2 saturated heterocycles. The lowest BCUT2D eigenvalue weighted by Crippen LogP contribution is -2.57. The first-order valence-electron chi connectivity index (χ1n) is 4.54. The first-order valence-corrected chi connectivity index (χ1v) is 4.54. The molecule has 0 spiro atoms.